The first-order valence-electron chi connectivity index (χ1n) is 7.27. The van der Waals surface area contributed by atoms with Gasteiger partial charge in [0.2, 0.25) is 0 Å². The van der Waals surface area contributed by atoms with Crippen LogP contribution in [0.3, 0.4) is 0 Å². The van der Waals surface area contributed by atoms with Crippen molar-refractivity contribution in [2.24, 2.45) is 5.92 Å². The van der Waals surface area contributed by atoms with Gasteiger partial charge in [0.15, 0.2) is 0 Å². The molecule has 21 heavy (non-hydrogen) atoms. The Morgan fingerprint density at radius 3 is 2.52 bits per heavy atom. The summed E-state index contributed by atoms with van der Waals surface area (Å²) in [5, 5.41) is 16.6. The Labute approximate surface area is 129 Å². The zero-order valence-electron chi connectivity index (χ0n) is 12.8. The Kier molecular flexibility index (Phi) is 7.22. The highest BCUT2D eigenvalue weighted by molar-refractivity contribution is 7.10. The maximum Gasteiger partial charge on any atom is 0.326 e. The van der Waals surface area contributed by atoms with Crippen molar-refractivity contribution in [2.45, 2.75) is 52.1 Å². The number of carboxylic acid groups (broad SMARTS) is 1. The Balaban J connectivity index is 2.62. The van der Waals surface area contributed by atoms with E-state index in [2.05, 4.69) is 17.6 Å². The first-order valence-corrected chi connectivity index (χ1v) is 8.15. The van der Waals surface area contributed by atoms with E-state index in [0.717, 1.165) is 17.7 Å². The minimum absolute atomic E-state index is 0.0662. The van der Waals surface area contributed by atoms with Crippen molar-refractivity contribution < 1.29 is 14.7 Å². The van der Waals surface area contributed by atoms with E-state index in [0.29, 0.717) is 6.42 Å². The van der Waals surface area contributed by atoms with Gasteiger partial charge in [0, 0.05) is 4.88 Å². The summed E-state index contributed by atoms with van der Waals surface area (Å²) >= 11 is 1.59. The van der Waals surface area contributed by atoms with Gasteiger partial charge >= 0.3 is 12.0 Å². The highest BCUT2D eigenvalue weighted by Crippen LogP contribution is 2.23. The van der Waals surface area contributed by atoms with Crippen molar-refractivity contribution in [1.82, 2.24) is 10.6 Å². The molecule has 0 spiro atoms. The molecule has 0 aliphatic heterocycles. The molecule has 0 saturated carbocycles. The van der Waals surface area contributed by atoms with Crippen LogP contribution in [0.2, 0.25) is 0 Å². The van der Waals surface area contributed by atoms with Crippen LogP contribution in [0, 0.1) is 5.92 Å². The average molecular weight is 312 g/mol. The highest BCUT2D eigenvalue weighted by Gasteiger charge is 2.22. The smallest absolute Gasteiger partial charge is 0.326 e. The summed E-state index contributed by atoms with van der Waals surface area (Å²) in [7, 11) is 0. The molecule has 0 aromatic carbocycles. The van der Waals surface area contributed by atoms with E-state index in [-0.39, 0.29) is 12.0 Å². The molecular formula is C15H24N2O3S. The van der Waals surface area contributed by atoms with Crippen LogP contribution in [0.5, 0.6) is 0 Å². The predicted octanol–water partition coefficient (Wildman–Crippen LogP) is 3.39. The number of thiophene rings is 1. The van der Waals surface area contributed by atoms with Gasteiger partial charge in [-0.3, -0.25) is 0 Å². The number of hydrogen-bond donors (Lipinski definition) is 3. The summed E-state index contributed by atoms with van der Waals surface area (Å²) in [4.78, 5) is 24.3. The number of aliphatic carboxylic acids is 1. The van der Waals surface area contributed by atoms with Crippen LogP contribution in [0.25, 0.3) is 0 Å². The molecule has 1 rings (SSSR count). The lowest BCUT2D eigenvalue weighted by atomic mass is 10.0. The van der Waals surface area contributed by atoms with Crippen molar-refractivity contribution in [2.75, 3.05) is 0 Å². The molecule has 2 atom stereocenters. The molecule has 6 heteroatoms. The van der Waals surface area contributed by atoms with Gasteiger partial charge in [-0.1, -0.05) is 33.3 Å². The van der Waals surface area contributed by atoms with Gasteiger partial charge in [0.05, 0.1) is 6.04 Å². The van der Waals surface area contributed by atoms with Crippen LogP contribution in [0.1, 0.15) is 51.0 Å². The lowest BCUT2D eigenvalue weighted by Crippen LogP contribution is -2.47. The number of carbonyl (C=O) groups is 2. The van der Waals surface area contributed by atoms with E-state index in [9.17, 15) is 9.59 Å². The number of nitrogens with one attached hydrogen (secondary N) is 2. The van der Waals surface area contributed by atoms with Crippen molar-refractivity contribution in [3.63, 3.8) is 0 Å². The number of hydrogen-bond acceptors (Lipinski definition) is 3. The number of rotatable bonds is 8. The zero-order valence-corrected chi connectivity index (χ0v) is 13.6. The molecule has 1 aromatic heterocycles. The Morgan fingerprint density at radius 2 is 2.05 bits per heavy atom. The van der Waals surface area contributed by atoms with Crippen molar-refractivity contribution in [1.29, 1.82) is 0 Å². The predicted molar refractivity (Wildman–Crippen MR) is 84.5 cm³/mol. The second-order valence-electron chi connectivity index (χ2n) is 5.49. The maximum absolute atomic E-state index is 12.0. The van der Waals surface area contributed by atoms with Gasteiger partial charge < -0.3 is 15.7 Å². The third-order valence-electron chi connectivity index (χ3n) is 3.08. The molecule has 1 aromatic rings. The van der Waals surface area contributed by atoms with Crippen LogP contribution in [0.15, 0.2) is 17.5 Å². The SMILES string of the molecule is CCCC(NC(=O)N[C@@H](CC(C)C)C(=O)O)c1cccs1. The minimum Gasteiger partial charge on any atom is -0.480 e. The molecule has 0 radical (unpaired) electrons. The van der Waals surface area contributed by atoms with Crippen LogP contribution < -0.4 is 10.6 Å². The molecule has 1 unspecified atom stereocenters. The molecule has 118 valence electrons. The third-order valence-corrected chi connectivity index (χ3v) is 4.07. The molecule has 2 amide bonds. The average Bonchev–Trinajstić information content (AvgIpc) is 2.90. The number of amides is 2. The van der Waals surface area contributed by atoms with Crippen molar-refractivity contribution in [3.8, 4) is 0 Å². The monoisotopic (exact) mass is 312 g/mol. The topological polar surface area (TPSA) is 78.4 Å². The molecule has 0 saturated heterocycles. The highest BCUT2D eigenvalue weighted by atomic mass is 32.1. The van der Waals surface area contributed by atoms with E-state index in [1.165, 1.54) is 0 Å². The van der Waals surface area contributed by atoms with E-state index >= 15 is 0 Å². The number of urea groups is 1. The zero-order chi connectivity index (χ0) is 15.8. The first kappa shape index (κ1) is 17.5. The molecule has 0 aliphatic carbocycles. The normalized spacial score (nSPS) is 13.7. The molecule has 0 aliphatic rings. The summed E-state index contributed by atoms with van der Waals surface area (Å²) in [6.45, 7) is 5.92. The van der Waals surface area contributed by atoms with Gasteiger partial charge in [0.25, 0.3) is 0 Å². The number of carbonyl (C=O) groups excluding carboxylic acids is 1. The third kappa shape index (κ3) is 6.16. The fourth-order valence-corrected chi connectivity index (χ4v) is 2.93. The fraction of sp³-hybridized carbons (Fsp3) is 0.600. The lowest BCUT2D eigenvalue weighted by Gasteiger charge is -2.21. The van der Waals surface area contributed by atoms with Gasteiger partial charge in [-0.15, -0.1) is 11.3 Å². The van der Waals surface area contributed by atoms with Crippen LogP contribution >= 0.6 is 11.3 Å². The molecule has 1 heterocycles. The molecular weight excluding hydrogens is 288 g/mol. The first-order chi connectivity index (χ1) is 9.93. The summed E-state index contributed by atoms with van der Waals surface area (Å²) < 4.78 is 0. The molecule has 0 fully saturated rings. The minimum atomic E-state index is -0.998. The van der Waals surface area contributed by atoms with Crippen LogP contribution in [-0.4, -0.2) is 23.1 Å². The summed E-state index contributed by atoms with van der Waals surface area (Å²) in [5.74, 6) is -0.794. The van der Waals surface area contributed by atoms with Gasteiger partial charge in [-0.05, 0) is 30.2 Å². The summed E-state index contributed by atoms with van der Waals surface area (Å²) in [6.07, 6.45) is 2.19. The fourth-order valence-electron chi connectivity index (χ4n) is 2.11. The standard InChI is InChI=1S/C15H24N2O3S/c1-4-6-11(13-7-5-8-21-13)16-15(20)17-12(14(18)19)9-10(2)3/h5,7-8,10-12H,4,6,9H2,1-3H3,(H,18,19)(H2,16,17,20)/t11?,12-/m0/s1. The van der Waals surface area contributed by atoms with Crippen molar-refractivity contribution >= 4 is 23.3 Å². The van der Waals surface area contributed by atoms with Crippen LogP contribution in [0.4, 0.5) is 4.79 Å². The second-order valence-corrected chi connectivity index (χ2v) is 6.47. The van der Waals surface area contributed by atoms with E-state index in [1.54, 1.807) is 11.3 Å². The van der Waals surface area contributed by atoms with Gasteiger partial charge in [-0.2, -0.15) is 0 Å². The van der Waals surface area contributed by atoms with E-state index < -0.39 is 18.0 Å². The summed E-state index contributed by atoms with van der Waals surface area (Å²) in [5.41, 5.74) is 0. The molecule has 0 bridgehead atoms. The van der Waals surface area contributed by atoms with Gasteiger partial charge in [0.1, 0.15) is 6.04 Å². The Bertz CT molecular complexity index is 446. The van der Waals surface area contributed by atoms with Crippen LogP contribution in [-0.2, 0) is 4.79 Å². The second kappa shape index (κ2) is 8.67. The largest absolute Gasteiger partial charge is 0.480 e. The number of carboxylic acids is 1. The lowest BCUT2D eigenvalue weighted by molar-refractivity contribution is -0.139. The molecule has 5 nitrogen and oxygen atoms in total. The molecule has 3 N–H and O–H groups in total. The Hall–Kier alpha value is -1.56. The maximum atomic E-state index is 12.0. The Morgan fingerprint density at radius 1 is 1.33 bits per heavy atom. The quantitative estimate of drug-likeness (QED) is 0.688. The van der Waals surface area contributed by atoms with Gasteiger partial charge in [-0.25, -0.2) is 9.59 Å². The van der Waals surface area contributed by atoms with E-state index in [1.807, 2.05) is 31.4 Å². The van der Waals surface area contributed by atoms with E-state index in [4.69, 9.17) is 5.11 Å². The summed E-state index contributed by atoms with van der Waals surface area (Å²) in [6, 6.07) is 2.59. The van der Waals surface area contributed by atoms with Crippen molar-refractivity contribution in [3.05, 3.63) is 22.4 Å².